The number of aliphatic carboxylic acids is 1. The van der Waals surface area contributed by atoms with Gasteiger partial charge in [0.1, 0.15) is 15.4 Å². The van der Waals surface area contributed by atoms with E-state index in [9.17, 15) is 13.2 Å². The Labute approximate surface area is 96.1 Å². The average molecular weight is 249 g/mol. The topological polar surface area (TPSA) is 83.5 Å². The van der Waals surface area contributed by atoms with Gasteiger partial charge in [-0.3, -0.25) is 4.79 Å². The lowest BCUT2D eigenvalue weighted by Gasteiger charge is -2.24. The zero-order valence-electron chi connectivity index (χ0n) is 9.53. The molecule has 1 rings (SSSR count). The fraction of sp³-hybridized carbons (Fsp3) is 0.900. The van der Waals surface area contributed by atoms with Crippen molar-refractivity contribution in [3.63, 3.8) is 0 Å². The number of nitrogens with one attached hydrogen (secondary N) is 1. The summed E-state index contributed by atoms with van der Waals surface area (Å²) in [5, 5.41) is 12.1. The van der Waals surface area contributed by atoms with Gasteiger partial charge in [0.15, 0.2) is 0 Å². The van der Waals surface area contributed by atoms with Crippen molar-refractivity contribution in [3.8, 4) is 0 Å². The van der Waals surface area contributed by atoms with E-state index in [-0.39, 0.29) is 17.9 Å². The van der Waals surface area contributed by atoms with E-state index in [4.69, 9.17) is 5.11 Å². The third kappa shape index (κ3) is 3.18. The molecule has 5 nitrogen and oxygen atoms in total. The second-order valence-corrected chi connectivity index (χ2v) is 6.62. The number of hydrogen-bond acceptors (Lipinski definition) is 4. The Morgan fingerprint density at radius 1 is 1.44 bits per heavy atom. The highest BCUT2D eigenvalue weighted by Gasteiger charge is 2.41. The maximum atomic E-state index is 11.5. The molecule has 0 aliphatic carbocycles. The minimum absolute atomic E-state index is 0.0415. The molecule has 1 aliphatic heterocycles. The SMILES string of the molecule is CCCS(=O)(=O)CCC1(C(=O)O)CCCN1. The van der Waals surface area contributed by atoms with Crippen molar-refractivity contribution in [2.75, 3.05) is 18.1 Å². The first-order valence-electron chi connectivity index (χ1n) is 5.61. The molecular formula is C10H19NO4S. The van der Waals surface area contributed by atoms with Gasteiger partial charge in [0.05, 0.1) is 5.75 Å². The van der Waals surface area contributed by atoms with E-state index in [1.165, 1.54) is 0 Å². The molecule has 2 N–H and O–H groups in total. The minimum atomic E-state index is -3.09. The van der Waals surface area contributed by atoms with E-state index >= 15 is 0 Å². The molecule has 0 aromatic rings. The molecule has 0 bridgehead atoms. The Morgan fingerprint density at radius 3 is 2.56 bits per heavy atom. The summed E-state index contributed by atoms with van der Waals surface area (Å²) in [5.74, 6) is -0.834. The molecule has 1 atom stereocenters. The van der Waals surface area contributed by atoms with Crippen LogP contribution < -0.4 is 5.32 Å². The molecular weight excluding hydrogens is 230 g/mol. The normalized spacial score (nSPS) is 25.8. The van der Waals surface area contributed by atoms with Crippen LogP contribution in [-0.4, -0.2) is 43.1 Å². The Bertz CT molecular complexity index is 344. The number of rotatable bonds is 6. The van der Waals surface area contributed by atoms with Gasteiger partial charge < -0.3 is 10.4 Å². The van der Waals surface area contributed by atoms with Gasteiger partial charge in [-0.2, -0.15) is 0 Å². The van der Waals surface area contributed by atoms with E-state index in [1.807, 2.05) is 0 Å². The largest absolute Gasteiger partial charge is 0.480 e. The molecule has 1 saturated heterocycles. The van der Waals surface area contributed by atoms with E-state index in [0.717, 1.165) is 6.42 Å². The second-order valence-electron chi connectivity index (χ2n) is 4.32. The first kappa shape index (κ1) is 13.4. The lowest BCUT2D eigenvalue weighted by molar-refractivity contribution is -0.144. The van der Waals surface area contributed by atoms with Crippen molar-refractivity contribution in [1.82, 2.24) is 5.32 Å². The van der Waals surface area contributed by atoms with Crippen LogP contribution in [0.5, 0.6) is 0 Å². The highest BCUT2D eigenvalue weighted by atomic mass is 32.2. The summed E-state index contributed by atoms with van der Waals surface area (Å²) in [7, 11) is -3.09. The Balaban J connectivity index is 2.61. The number of sulfone groups is 1. The van der Waals surface area contributed by atoms with E-state index in [2.05, 4.69) is 5.32 Å². The first-order valence-corrected chi connectivity index (χ1v) is 7.43. The predicted molar refractivity (Wildman–Crippen MR) is 61.2 cm³/mol. The predicted octanol–water partition coefficient (Wildman–Crippen LogP) is 0.408. The summed E-state index contributed by atoms with van der Waals surface area (Å²) >= 11 is 0. The van der Waals surface area contributed by atoms with Gasteiger partial charge in [0, 0.05) is 5.75 Å². The van der Waals surface area contributed by atoms with Crippen LogP contribution in [-0.2, 0) is 14.6 Å². The number of hydrogen-bond donors (Lipinski definition) is 2. The summed E-state index contributed by atoms with van der Waals surface area (Å²) in [6.45, 7) is 2.46. The molecule has 1 heterocycles. The lowest BCUT2D eigenvalue weighted by atomic mass is 9.95. The Morgan fingerprint density at radius 2 is 2.12 bits per heavy atom. The van der Waals surface area contributed by atoms with Crippen molar-refractivity contribution in [2.24, 2.45) is 0 Å². The molecule has 0 spiro atoms. The maximum Gasteiger partial charge on any atom is 0.323 e. The van der Waals surface area contributed by atoms with Gasteiger partial charge in [0.2, 0.25) is 0 Å². The molecule has 0 saturated carbocycles. The third-order valence-electron chi connectivity index (χ3n) is 3.01. The molecule has 1 unspecified atom stereocenters. The quantitative estimate of drug-likeness (QED) is 0.712. The third-order valence-corrected chi connectivity index (χ3v) is 4.86. The minimum Gasteiger partial charge on any atom is -0.480 e. The van der Waals surface area contributed by atoms with Gasteiger partial charge >= 0.3 is 5.97 Å². The van der Waals surface area contributed by atoms with Crippen molar-refractivity contribution >= 4 is 15.8 Å². The van der Waals surface area contributed by atoms with E-state index < -0.39 is 21.3 Å². The zero-order chi connectivity index (χ0) is 12.2. The molecule has 0 aromatic heterocycles. The molecule has 6 heteroatoms. The van der Waals surface area contributed by atoms with Crippen molar-refractivity contribution in [2.45, 2.75) is 38.1 Å². The highest BCUT2D eigenvalue weighted by molar-refractivity contribution is 7.91. The van der Waals surface area contributed by atoms with Crippen LogP contribution in [0.15, 0.2) is 0 Å². The van der Waals surface area contributed by atoms with Crippen LogP contribution in [0.4, 0.5) is 0 Å². The fourth-order valence-electron chi connectivity index (χ4n) is 2.05. The lowest BCUT2D eigenvalue weighted by Crippen LogP contribution is -2.48. The van der Waals surface area contributed by atoms with Crippen LogP contribution in [0.2, 0.25) is 0 Å². The smallest absolute Gasteiger partial charge is 0.323 e. The molecule has 0 amide bonds. The summed E-state index contributed by atoms with van der Waals surface area (Å²) in [6.07, 6.45) is 2.06. The zero-order valence-corrected chi connectivity index (χ0v) is 10.3. The summed E-state index contributed by atoms with van der Waals surface area (Å²) in [5.41, 5.74) is -1.01. The molecule has 16 heavy (non-hydrogen) atoms. The first-order chi connectivity index (χ1) is 7.42. The van der Waals surface area contributed by atoms with Crippen molar-refractivity contribution in [1.29, 1.82) is 0 Å². The highest BCUT2D eigenvalue weighted by Crippen LogP contribution is 2.24. The maximum absolute atomic E-state index is 11.5. The van der Waals surface area contributed by atoms with E-state index in [0.29, 0.717) is 19.4 Å². The van der Waals surface area contributed by atoms with E-state index in [1.54, 1.807) is 6.92 Å². The van der Waals surface area contributed by atoms with Crippen LogP contribution in [0, 0.1) is 0 Å². The number of carboxylic acids is 1. The van der Waals surface area contributed by atoms with Crippen molar-refractivity contribution in [3.05, 3.63) is 0 Å². The second kappa shape index (κ2) is 5.14. The molecule has 1 aliphatic rings. The summed E-state index contributed by atoms with van der Waals surface area (Å²) in [6, 6.07) is 0. The molecule has 0 aromatic carbocycles. The van der Waals surface area contributed by atoms with Crippen LogP contribution in [0.25, 0.3) is 0 Å². The Kier molecular flexibility index (Phi) is 4.32. The van der Waals surface area contributed by atoms with Gasteiger partial charge in [0.25, 0.3) is 0 Å². The standard InChI is InChI=1S/C10H19NO4S/c1-2-7-16(14,15)8-5-10(9(12)13)4-3-6-11-10/h11H,2-8H2,1H3,(H,12,13). The molecule has 0 radical (unpaired) electrons. The molecule has 1 fully saturated rings. The van der Waals surface area contributed by atoms with Gasteiger partial charge in [-0.05, 0) is 32.2 Å². The van der Waals surface area contributed by atoms with Crippen LogP contribution in [0.3, 0.4) is 0 Å². The Hall–Kier alpha value is -0.620. The van der Waals surface area contributed by atoms with Crippen LogP contribution in [0.1, 0.15) is 32.6 Å². The van der Waals surface area contributed by atoms with Gasteiger partial charge in [-0.1, -0.05) is 6.92 Å². The monoisotopic (exact) mass is 249 g/mol. The number of carbonyl (C=O) groups is 1. The van der Waals surface area contributed by atoms with Crippen LogP contribution >= 0.6 is 0 Å². The average Bonchev–Trinajstić information content (AvgIpc) is 2.64. The fourth-order valence-corrected chi connectivity index (χ4v) is 3.54. The number of carboxylic acid groups (broad SMARTS) is 1. The van der Waals surface area contributed by atoms with Gasteiger partial charge in [-0.15, -0.1) is 0 Å². The van der Waals surface area contributed by atoms with Gasteiger partial charge in [-0.25, -0.2) is 8.42 Å². The summed E-state index contributed by atoms with van der Waals surface area (Å²) < 4.78 is 23.1. The summed E-state index contributed by atoms with van der Waals surface area (Å²) in [4.78, 5) is 11.1. The molecule has 94 valence electrons. The van der Waals surface area contributed by atoms with Crippen molar-refractivity contribution < 1.29 is 18.3 Å².